The Morgan fingerprint density at radius 3 is 2.53 bits per heavy atom. The second-order valence-corrected chi connectivity index (χ2v) is 10.9. The van der Waals surface area contributed by atoms with Gasteiger partial charge >= 0.3 is 0 Å². The zero-order chi connectivity index (χ0) is 24.1. The number of ketones is 1. The Morgan fingerprint density at radius 1 is 1.09 bits per heavy atom. The monoisotopic (exact) mass is 485 g/mol. The summed E-state index contributed by atoms with van der Waals surface area (Å²) >= 11 is 0. The van der Waals surface area contributed by atoms with Gasteiger partial charge in [-0.3, -0.25) is 9.59 Å². The second-order valence-electron chi connectivity index (χ2n) is 9.01. The minimum absolute atomic E-state index is 0.0781. The van der Waals surface area contributed by atoms with E-state index in [4.69, 9.17) is 4.74 Å². The van der Waals surface area contributed by atoms with Crippen molar-refractivity contribution >= 4 is 21.7 Å². The number of rotatable bonds is 8. The Balaban J connectivity index is 1.29. The molecule has 0 spiro atoms. The van der Waals surface area contributed by atoms with Gasteiger partial charge in [-0.2, -0.15) is 4.31 Å². The fraction of sp³-hybridized carbons (Fsp3) is 0.480. The first kappa shape index (κ1) is 24.3. The van der Waals surface area contributed by atoms with Crippen molar-refractivity contribution in [1.82, 2.24) is 14.6 Å². The molecule has 9 heteroatoms. The van der Waals surface area contributed by atoms with Gasteiger partial charge in [-0.15, -0.1) is 0 Å². The van der Waals surface area contributed by atoms with Crippen LogP contribution in [0.25, 0.3) is 0 Å². The molecule has 1 N–H and O–H groups in total. The zero-order valence-corrected chi connectivity index (χ0v) is 20.2. The van der Waals surface area contributed by atoms with Crippen molar-refractivity contribution < 1.29 is 22.7 Å². The molecule has 2 heterocycles. The number of hydrogen-bond donors (Lipinski definition) is 1. The van der Waals surface area contributed by atoms with Gasteiger partial charge in [-0.1, -0.05) is 12.1 Å². The van der Waals surface area contributed by atoms with Crippen LogP contribution in [-0.4, -0.2) is 48.6 Å². The minimum Gasteiger partial charge on any atom is -0.474 e. The summed E-state index contributed by atoms with van der Waals surface area (Å²) in [6.07, 6.45) is 7.29. The summed E-state index contributed by atoms with van der Waals surface area (Å²) in [6.45, 7) is 2.31. The van der Waals surface area contributed by atoms with E-state index in [9.17, 15) is 18.0 Å². The maximum atomic E-state index is 13.0. The summed E-state index contributed by atoms with van der Waals surface area (Å²) in [4.78, 5) is 28.7. The largest absolute Gasteiger partial charge is 0.474 e. The van der Waals surface area contributed by atoms with Gasteiger partial charge in [0.2, 0.25) is 21.8 Å². The van der Waals surface area contributed by atoms with Gasteiger partial charge in [0.1, 0.15) is 6.10 Å². The van der Waals surface area contributed by atoms with Crippen LogP contribution in [0.15, 0.2) is 47.5 Å². The van der Waals surface area contributed by atoms with Gasteiger partial charge in [0.25, 0.3) is 0 Å². The highest BCUT2D eigenvalue weighted by Crippen LogP contribution is 2.25. The number of ether oxygens (including phenoxy) is 1. The van der Waals surface area contributed by atoms with Crippen molar-refractivity contribution in [1.29, 1.82) is 0 Å². The van der Waals surface area contributed by atoms with E-state index >= 15 is 0 Å². The molecule has 1 amide bonds. The topological polar surface area (TPSA) is 106 Å². The number of sulfonamides is 1. The predicted octanol–water partition coefficient (Wildman–Crippen LogP) is 3.32. The fourth-order valence-corrected chi connectivity index (χ4v) is 6.03. The molecule has 1 aromatic heterocycles. The van der Waals surface area contributed by atoms with Gasteiger partial charge < -0.3 is 10.1 Å². The highest BCUT2D eigenvalue weighted by molar-refractivity contribution is 7.89. The Bertz CT molecular complexity index is 1140. The van der Waals surface area contributed by atoms with E-state index in [1.807, 2.05) is 12.1 Å². The number of nitrogens with zero attached hydrogens (tertiary/aromatic N) is 2. The van der Waals surface area contributed by atoms with Crippen molar-refractivity contribution in [3.63, 3.8) is 0 Å². The van der Waals surface area contributed by atoms with E-state index in [0.717, 1.165) is 18.4 Å². The van der Waals surface area contributed by atoms with Crippen LogP contribution in [0.3, 0.4) is 0 Å². The van der Waals surface area contributed by atoms with Gasteiger partial charge in [0.05, 0.1) is 4.90 Å². The van der Waals surface area contributed by atoms with E-state index in [1.165, 1.54) is 36.2 Å². The van der Waals surface area contributed by atoms with E-state index in [2.05, 4.69) is 10.3 Å². The number of carbonyl (C=O) groups excluding carboxylic acids is 2. The molecule has 1 saturated heterocycles. The first-order valence-electron chi connectivity index (χ1n) is 11.8. The normalized spacial score (nSPS) is 18.0. The molecule has 4 rings (SSSR count). The number of hydrogen-bond acceptors (Lipinski definition) is 6. The van der Waals surface area contributed by atoms with Crippen LogP contribution in [0.5, 0.6) is 5.88 Å². The average molecular weight is 486 g/mol. The third-order valence-corrected chi connectivity index (χ3v) is 8.45. The Labute approximate surface area is 200 Å². The number of Topliss-reactive ketones (excluding diaryl/α,β-unsaturated/α-hetero) is 1. The average Bonchev–Trinajstić information content (AvgIpc) is 3.36. The summed E-state index contributed by atoms with van der Waals surface area (Å²) in [6, 6.07) is 9.81. The number of pyridine rings is 1. The van der Waals surface area contributed by atoms with E-state index in [-0.39, 0.29) is 41.7 Å². The van der Waals surface area contributed by atoms with Gasteiger partial charge in [-0.25, -0.2) is 13.4 Å². The molecule has 1 aliphatic heterocycles. The summed E-state index contributed by atoms with van der Waals surface area (Å²) in [5, 5.41) is 2.97. The van der Waals surface area contributed by atoms with Crippen molar-refractivity contribution in [2.45, 2.75) is 63.0 Å². The first-order chi connectivity index (χ1) is 16.3. The lowest BCUT2D eigenvalue weighted by Crippen LogP contribution is -2.42. The molecule has 34 heavy (non-hydrogen) atoms. The molecule has 0 bridgehead atoms. The van der Waals surface area contributed by atoms with Crippen LogP contribution >= 0.6 is 0 Å². The lowest BCUT2D eigenvalue weighted by atomic mass is 9.97. The Morgan fingerprint density at radius 2 is 1.82 bits per heavy atom. The standard InChI is InChI=1S/C25H31N3O5S/c1-18(29)21-5-4-8-23(16-21)34(31,32)28-13-10-20(11-14-28)25(30)27-17-19-9-12-26-24(15-19)33-22-6-2-3-7-22/h4-5,8-9,12,15-16,20,22H,2-3,6-7,10-11,13-14,17H2,1H3,(H,27,30). The number of carbonyl (C=O) groups is 2. The maximum absolute atomic E-state index is 13.0. The fourth-order valence-electron chi connectivity index (χ4n) is 4.52. The maximum Gasteiger partial charge on any atom is 0.243 e. The van der Waals surface area contributed by atoms with E-state index in [0.29, 0.717) is 30.8 Å². The van der Waals surface area contributed by atoms with Crippen molar-refractivity contribution in [2.24, 2.45) is 5.92 Å². The summed E-state index contributed by atoms with van der Waals surface area (Å²) in [7, 11) is -3.71. The van der Waals surface area contributed by atoms with Crippen LogP contribution < -0.4 is 10.1 Å². The van der Waals surface area contributed by atoms with E-state index < -0.39 is 10.0 Å². The van der Waals surface area contributed by atoms with Crippen LogP contribution in [0.4, 0.5) is 0 Å². The molecular formula is C25H31N3O5S. The highest BCUT2D eigenvalue weighted by Gasteiger charge is 2.32. The second kappa shape index (κ2) is 10.7. The summed E-state index contributed by atoms with van der Waals surface area (Å²) < 4.78 is 33.3. The molecule has 0 radical (unpaired) electrons. The number of nitrogens with one attached hydrogen (secondary N) is 1. The summed E-state index contributed by atoms with van der Waals surface area (Å²) in [5.41, 5.74) is 1.28. The van der Waals surface area contributed by atoms with Crippen LogP contribution in [0.2, 0.25) is 0 Å². The van der Waals surface area contributed by atoms with Crippen LogP contribution in [0.1, 0.15) is 61.4 Å². The molecule has 2 fully saturated rings. The van der Waals surface area contributed by atoms with Crippen LogP contribution in [-0.2, 0) is 21.4 Å². The van der Waals surface area contributed by atoms with E-state index in [1.54, 1.807) is 18.3 Å². The third-order valence-electron chi connectivity index (χ3n) is 6.56. The molecule has 182 valence electrons. The smallest absolute Gasteiger partial charge is 0.243 e. The molecule has 1 saturated carbocycles. The molecule has 1 aliphatic carbocycles. The number of benzene rings is 1. The molecular weight excluding hydrogens is 454 g/mol. The molecule has 2 aromatic rings. The predicted molar refractivity (Wildman–Crippen MR) is 127 cm³/mol. The van der Waals surface area contributed by atoms with Crippen molar-refractivity contribution in [3.05, 3.63) is 53.7 Å². The molecule has 2 aliphatic rings. The molecule has 0 unspecified atom stereocenters. The Kier molecular flexibility index (Phi) is 7.63. The third kappa shape index (κ3) is 5.82. The number of amides is 1. The van der Waals surface area contributed by atoms with Gasteiger partial charge in [0.15, 0.2) is 5.78 Å². The quantitative estimate of drug-likeness (QED) is 0.575. The zero-order valence-electron chi connectivity index (χ0n) is 19.4. The number of piperidine rings is 1. The van der Waals surface area contributed by atoms with Crippen molar-refractivity contribution in [2.75, 3.05) is 13.1 Å². The van der Waals surface area contributed by atoms with Crippen molar-refractivity contribution in [3.8, 4) is 5.88 Å². The lowest BCUT2D eigenvalue weighted by molar-refractivity contribution is -0.126. The minimum atomic E-state index is -3.71. The molecule has 8 nitrogen and oxygen atoms in total. The number of aromatic nitrogens is 1. The van der Waals surface area contributed by atoms with Crippen LogP contribution in [0, 0.1) is 5.92 Å². The van der Waals surface area contributed by atoms with Gasteiger partial charge in [-0.05, 0) is 69.2 Å². The summed E-state index contributed by atoms with van der Waals surface area (Å²) in [5.74, 6) is 0.0848. The first-order valence-corrected chi connectivity index (χ1v) is 13.3. The van der Waals surface area contributed by atoms with Gasteiger partial charge in [0, 0.05) is 43.4 Å². The lowest BCUT2D eigenvalue weighted by Gasteiger charge is -2.30. The highest BCUT2D eigenvalue weighted by atomic mass is 32.2. The molecule has 1 aromatic carbocycles. The Hall–Kier alpha value is -2.78. The molecule has 0 atom stereocenters. The SMILES string of the molecule is CC(=O)c1cccc(S(=O)(=O)N2CCC(C(=O)NCc3ccnc(OC4CCCC4)c3)CC2)c1.